The van der Waals surface area contributed by atoms with Crippen molar-refractivity contribution >= 4 is 9.84 Å². The van der Waals surface area contributed by atoms with Crippen LogP contribution in [-0.4, -0.2) is 42.7 Å². The quantitative estimate of drug-likeness (QED) is 0.372. The molecule has 3 aliphatic rings. The van der Waals surface area contributed by atoms with Crippen LogP contribution in [0.3, 0.4) is 0 Å². The maximum absolute atomic E-state index is 12.8. The van der Waals surface area contributed by atoms with E-state index in [2.05, 4.69) is 32.1 Å². The molecule has 0 aliphatic heterocycles. The molecule has 34 heavy (non-hydrogen) atoms. The zero-order chi connectivity index (χ0) is 25.3. The lowest BCUT2D eigenvalue weighted by Gasteiger charge is -2.42. The molecular formula is C28H44O5S. The summed E-state index contributed by atoms with van der Waals surface area (Å²) in [5.41, 5.74) is 4.09. The number of fused-ring (bicyclic) bond motifs is 1. The van der Waals surface area contributed by atoms with Gasteiger partial charge in [0.25, 0.3) is 0 Å². The first-order valence-corrected chi connectivity index (χ1v) is 14.2. The summed E-state index contributed by atoms with van der Waals surface area (Å²) in [4.78, 5) is 0. The minimum absolute atomic E-state index is 0.0693. The second-order valence-electron chi connectivity index (χ2n) is 11.7. The average molecular weight is 493 g/mol. The summed E-state index contributed by atoms with van der Waals surface area (Å²) >= 11 is 0. The summed E-state index contributed by atoms with van der Waals surface area (Å²) in [6.07, 6.45) is 14.4. The minimum Gasteiger partial charge on any atom is -0.487 e. The molecule has 5 nitrogen and oxygen atoms in total. The Morgan fingerprint density at radius 1 is 1.24 bits per heavy atom. The van der Waals surface area contributed by atoms with Crippen molar-refractivity contribution < 1.29 is 23.4 Å². The Morgan fingerprint density at radius 2 is 1.88 bits per heavy atom. The highest BCUT2D eigenvalue weighted by molar-refractivity contribution is 7.96. The van der Waals surface area contributed by atoms with E-state index in [4.69, 9.17) is 4.74 Å². The van der Waals surface area contributed by atoms with E-state index in [1.165, 1.54) is 18.3 Å². The fraction of sp³-hybridized carbons (Fsp3) is 0.714. The molecule has 0 aromatic rings. The van der Waals surface area contributed by atoms with Crippen molar-refractivity contribution in [2.45, 2.75) is 103 Å². The largest absolute Gasteiger partial charge is 0.487 e. The van der Waals surface area contributed by atoms with Gasteiger partial charge in [0.05, 0.1) is 24.1 Å². The van der Waals surface area contributed by atoms with Crippen molar-refractivity contribution in [2.24, 2.45) is 17.3 Å². The minimum atomic E-state index is -3.51. The second kappa shape index (κ2) is 10.3. The number of aliphatic hydroxyl groups is 2. The van der Waals surface area contributed by atoms with Crippen LogP contribution in [0.1, 0.15) is 86.0 Å². The van der Waals surface area contributed by atoms with Gasteiger partial charge in [-0.25, -0.2) is 8.42 Å². The summed E-state index contributed by atoms with van der Waals surface area (Å²) in [6.45, 7) is 9.66. The molecule has 2 saturated carbocycles. The van der Waals surface area contributed by atoms with Gasteiger partial charge in [-0.05, 0) is 95.5 Å². The molecular weight excluding hydrogens is 448 g/mol. The summed E-state index contributed by atoms with van der Waals surface area (Å²) in [7, 11) is -2.08. The van der Waals surface area contributed by atoms with Gasteiger partial charge < -0.3 is 14.9 Å². The fourth-order valence-corrected chi connectivity index (χ4v) is 7.29. The Balaban J connectivity index is 1.76. The van der Waals surface area contributed by atoms with E-state index in [0.717, 1.165) is 31.3 Å². The van der Waals surface area contributed by atoms with Gasteiger partial charge in [0.15, 0.2) is 0 Å². The highest BCUT2D eigenvalue weighted by Crippen LogP contribution is 2.57. The van der Waals surface area contributed by atoms with Crippen LogP contribution in [0, 0.1) is 17.3 Å². The Kier molecular flexibility index (Phi) is 8.26. The first-order chi connectivity index (χ1) is 15.8. The maximum atomic E-state index is 12.8. The van der Waals surface area contributed by atoms with E-state index in [1.807, 2.05) is 0 Å². The molecule has 0 saturated heterocycles. The molecule has 0 amide bonds. The third-order valence-corrected chi connectivity index (χ3v) is 10.6. The van der Waals surface area contributed by atoms with Crippen LogP contribution in [-0.2, 0) is 14.6 Å². The molecule has 0 radical (unpaired) electrons. The number of hydrogen-bond donors (Lipinski definition) is 2. The van der Waals surface area contributed by atoms with Gasteiger partial charge in [0, 0.05) is 0 Å². The standard InChI is InChI=1S/C28H44O5S/c1-19(9-14-26(33-6)34(31,32)27(2,3)4)24-12-13-25-21(8-7-15-28(24,25)5)11-10-20-16-22(29)18-23(30)17-20/h10-12,14,19,22-23,25,29-30H,7-9,13,15-18H2,1-6H3/t19-,22?,23?,25+,28-/m1/s1. The molecule has 2 fully saturated rings. The van der Waals surface area contributed by atoms with Crippen molar-refractivity contribution in [3.8, 4) is 0 Å². The van der Waals surface area contributed by atoms with Crippen LogP contribution in [0.5, 0.6) is 0 Å². The van der Waals surface area contributed by atoms with Crippen molar-refractivity contribution in [2.75, 3.05) is 7.11 Å². The summed E-state index contributed by atoms with van der Waals surface area (Å²) in [5.74, 6) is 0.690. The molecule has 192 valence electrons. The summed E-state index contributed by atoms with van der Waals surface area (Å²) < 4.78 is 30.1. The van der Waals surface area contributed by atoms with E-state index in [9.17, 15) is 18.6 Å². The lowest BCUT2D eigenvalue weighted by molar-refractivity contribution is 0.0609. The Bertz CT molecular complexity index is 967. The second-order valence-corrected chi connectivity index (χ2v) is 14.4. The van der Waals surface area contributed by atoms with Crippen LogP contribution in [0.4, 0.5) is 0 Å². The lowest BCUT2D eigenvalue weighted by atomic mass is 9.62. The van der Waals surface area contributed by atoms with Gasteiger partial charge in [0.2, 0.25) is 14.9 Å². The van der Waals surface area contributed by atoms with Gasteiger partial charge >= 0.3 is 0 Å². The van der Waals surface area contributed by atoms with Crippen molar-refractivity contribution in [3.05, 3.63) is 46.1 Å². The molecule has 6 heteroatoms. The number of rotatable bonds is 6. The van der Waals surface area contributed by atoms with Gasteiger partial charge in [-0.1, -0.05) is 48.8 Å². The first-order valence-electron chi connectivity index (χ1n) is 12.7. The number of ether oxygens (including phenoxy) is 1. The normalized spacial score (nSPS) is 32.9. The first kappa shape index (κ1) is 27.2. The Morgan fingerprint density at radius 3 is 2.47 bits per heavy atom. The molecule has 3 rings (SSSR count). The van der Waals surface area contributed by atoms with E-state index in [1.54, 1.807) is 26.8 Å². The van der Waals surface area contributed by atoms with E-state index in [0.29, 0.717) is 31.6 Å². The molecule has 0 bridgehead atoms. The maximum Gasteiger partial charge on any atom is 0.215 e. The Hall–Kier alpha value is -1.37. The summed E-state index contributed by atoms with van der Waals surface area (Å²) in [5, 5.41) is 20.1. The molecule has 0 spiro atoms. The predicted molar refractivity (Wildman–Crippen MR) is 138 cm³/mol. The number of aliphatic hydroxyl groups excluding tert-OH is 2. The topological polar surface area (TPSA) is 83.8 Å². The van der Waals surface area contributed by atoms with Crippen molar-refractivity contribution in [1.82, 2.24) is 0 Å². The molecule has 3 aliphatic carbocycles. The van der Waals surface area contributed by atoms with Gasteiger partial charge in [0.1, 0.15) is 0 Å². The highest BCUT2D eigenvalue weighted by atomic mass is 32.2. The SMILES string of the molecule is COC(=CC[C@@H](C)C1=CC[C@H]2C(=CC=C3CC(O)CC(O)C3)CCC[C@]12C)S(=O)(=O)C(C)(C)C. The monoisotopic (exact) mass is 492 g/mol. The zero-order valence-corrected chi connectivity index (χ0v) is 22.6. The van der Waals surface area contributed by atoms with E-state index < -0.39 is 26.8 Å². The lowest BCUT2D eigenvalue weighted by Crippen LogP contribution is -2.32. The predicted octanol–water partition coefficient (Wildman–Crippen LogP) is 5.61. The van der Waals surface area contributed by atoms with Gasteiger partial charge in [-0.15, -0.1) is 0 Å². The molecule has 2 unspecified atom stereocenters. The number of allylic oxidation sites excluding steroid dienone is 6. The van der Waals surface area contributed by atoms with Gasteiger partial charge in [-0.3, -0.25) is 0 Å². The molecule has 0 aromatic heterocycles. The van der Waals surface area contributed by atoms with Gasteiger partial charge in [-0.2, -0.15) is 0 Å². The molecule has 0 heterocycles. The fourth-order valence-electron chi connectivity index (χ4n) is 6.15. The van der Waals surface area contributed by atoms with Crippen molar-refractivity contribution in [1.29, 1.82) is 0 Å². The number of methoxy groups -OCH3 is 1. The van der Waals surface area contributed by atoms with E-state index in [-0.39, 0.29) is 16.4 Å². The smallest absolute Gasteiger partial charge is 0.215 e. The average Bonchev–Trinajstić information content (AvgIpc) is 3.08. The van der Waals surface area contributed by atoms with Crippen LogP contribution >= 0.6 is 0 Å². The number of sulfone groups is 1. The molecule has 0 aromatic carbocycles. The molecule has 5 atom stereocenters. The van der Waals surface area contributed by atoms with Crippen LogP contribution in [0.2, 0.25) is 0 Å². The highest BCUT2D eigenvalue weighted by Gasteiger charge is 2.46. The van der Waals surface area contributed by atoms with Crippen LogP contribution in [0.25, 0.3) is 0 Å². The number of hydrogen-bond acceptors (Lipinski definition) is 5. The summed E-state index contributed by atoms with van der Waals surface area (Å²) in [6, 6.07) is 0. The Labute approximate surface area is 206 Å². The van der Waals surface area contributed by atoms with E-state index >= 15 is 0 Å². The van der Waals surface area contributed by atoms with Crippen LogP contribution in [0.15, 0.2) is 46.1 Å². The molecule has 2 N–H and O–H groups in total. The third-order valence-electron chi connectivity index (χ3n) is 8.13. The van der Waals surface area contributed by atoms with Crippen LogP contribution < -0.4 is 0 Å². The zero-order valence-electron chi connectivity index (χ0n) is 21.8. The third kappa shape index (κ3) is 5.55. The van der Waals surface area contributed by atoms with Crippen molar-refractivity contribution in [3.63, 3.8) is 0 Å².